The van der Waals surface area contributed by atoms with E-state index in [0.717, 1.165) is 16.8 Å². The van der Waals surface area contributed by atoms with Gasteiger partial charge in [0.25, 0.3) is 5.91 Å². The Labute approximate surface area is 204 Å². The summed E-state index contributed by atoms with van der Waals surface area (Å²) >= 11 is 6.62. The number of amides is 1. The number of azo groups is 1. The first-order chi connectivity index (χ1) is 16.3. The molecule has 2 aromatic carbocycles. The van der Waals surface area contributed by atoms with Crippen LogP contribution in [0.15, 0.2) is 86.3 Å². The van der Waals surface area contributed by atoms with Crippen molar-refractivity contribution in [2.45, 2.75) is 13.8 Å². The van der Waals surface area contributed by atoms with Crippen LogP contribution in [0.5, 0.6) is 0 Å². The van der Waals surface area contributed by atoms with Crippen LogP contribution in [-0.4, -0.2) is 15.2 Å². The highest BCUT2D eigenvalue weighted by Crippen LogP contribution is 2.37. The molecular weight excluding hydrogens is 472 g/mol. The molecule has 2 heterocycles. The Morgan fingerprint density at radius 1 is 1.09 bits per heavy atom. The van der Waals surface area contributed by atoms with E-state index < -0.39 is 4.92 Å². The summed E-state index contributed by atoms with van der Waals surface area (Å²) in [5.41, 5.74) is 4.00. The molecule has 0 aliphatic carbocycles. The highest BCUT2D eigenvalue weighted by atomic mass is 32.2. The van der Waals surface area contributed by atoms with Gasteiger partial charge in [-0.15, -0.1) is 0 Å². The van der Waals surface area contributed by atoms with E-state index in [-0.39, 0.29) is 11.8 Å². The topological polar surface area (TPSA) is 101 Å². The normalized spacial score (nSPS) is 15.4. The molecule has 10 heteroatoms. The average Bonchev–Trinajstić information content (AvgIpc) is 3.38. The number of nitro groups is 1. The van der Waals surface area contributed by atoms with Crippen molar-refractivity contribution in [3.05, 3.63) is 98.7 Å². The van der Waals surface area contributed by atoms with Gasteiger partial charge >= 0.3 is 5.88 Å². The molecule has 0 spiro atoms. The monoisotopic (exact) mass is 490 g/mol. The van der Waals surface area contributed by atoms with Crippen LogP contribution in [0.4, 0.5) is 22.9 Å². The quantitative estimate of drug-likeness (QED) is 0.119. The third-order valence-corrected chi connectivity index (χ3v) is 6.22. The van der Waals surface area contributed by atoms with Crippen LogP contribution in [0.2, 0.25) is 0 Å². The lowest BCUT2D eigenvalue weighted by molar-refractivity contribution is -0.402. The van der Waals surface area contributed by atoms with Crippen LogP contribution in [-0.2, 0) is 4.79 Å². The number of allylic oxidation sites excluding steroid dienone is 2. The van der Waals surface area contributed by atoms with E-state index in [1.165, 1.54) is 28.8 Å². The smallest absolute Gasteiger partial charge is 0.401 e. The minimum absolute atomic E-state index is 0.248. The summed E-state index contributed by atoms with van der Waals surface area (Å²) in [6.45, 7) is 3.85. The first-order valence-electron chi connectivity index (χ1n) is 10.1. The lowest BCUT2D eigenvalue weighted by Crippen LogP contribution is -2.28. The van der Waals surface area contributed by atoms with Gasteiger partial charge in [0.2, 0.25) is 0 Å². The van der Waals surface area contributed by atoms with Gasteiger partial charge in [0.05, 0.1) is 28.0 Å². The van der Waals surface area contributed by atoms with Gasteiger partial charge in [0.15, 0.2) is 4.32 Å². The number of furan rings is 1. The number of carbonyl (C=O) groups is 1. The largest absolute Gasteiger partial charge is 0.433 e. The summed E-state index contributed by atoms with van der Waals surface area (Å²) in [6.07, 6.45) is 4.74. The third kappa shape index (κ3) is 5.03. The molecule has 0 unspecified atom stereocenters. The highest BCUT2D eigenvalue weighted by molar-refractivity contribution is 8.27. The number of anilines is 1. The maximum absolute atomic E-state index is 13.0. The Bertz CT molecular complexity index is 1390. The average molecular weight is 491 g/mol. The fraction of sp³-hybridized carbons (Fsp3) is 0.0833. The number of carbonyl (C=O) groups excluding carboxylic acids is 1. The summed E-state index contributed by atoms with van der Waals surface area (Å²) < 4.78 is 5.48. The molecule has 0 atom stereocenters. The lowest BCUT2D eigenvalue weighted by Gasteiger charge is -2.17. The van der Waals surface area contributed by atoms with Gasteiger partial charge in [-0.3, -0.25) is 19.8 Å². The lowest BCUT2D eigenvalue weighted by atomic mass is 10.1. The van der Waals surface area contributed by atoms with E-state index in [0.29, 0.717) is 26.4 Å². The standard InChI is InChI=1S/C24H18N4O4S2/c1-15-6-3-4-8-19(15)26-25-17-10-12-20(16(2)14-17)27-23(29)21(34-24(27)33)9-5-7-18-11-13-22(32-18)28(30)31/h3-14H,1-2H3/b7-5+,21-9-,26-25?. The number of thioether (sulfide) groups is 1. The summed E-state index contributed by atoms with van der Waals surface area (Å²) in [7, 11) is 0. The molecule has 1 amide bonds. The zero-order valence-corrected chi connectivity index (χ0v) is 19.8. The number of nitrogens with zero attached hydrogens (tertiary/aromatic N) is 4. The van der Waals surface area contributed by atoms with E-state index in [1.54, 1.807) is 30.4 Å². The van der Waals surface area contributed by atoms with Crippen LogP contribution in [0.1, 0.15) is 16.9 Å². The molecule has 0 radical (unpaired) electrons. The van der Waals surface area contributed by atoms with Gasteiger partial charge in [0.1, 0.15) is 10.7 Å². The van der Waals surface area contributed by atoms with Gasteiger partial charge < -0.3 is 4.42 Å². The highest BCUT2D eigenvalue weighted by Gasteiger charge is 2.33. The third-order valence-electron chi connectivity index (χ3n) is 4.90. The van der Waals surface area contributed by atoms with E-state index in [2.05, 4.69) is 10.2 Å². The summed E-state index contributed by atoms with van der Waals surface area (Å²) in [6, 6.07) is 15.9. The second-order valence-electron chi connectivity index (χ2n) is 7.29. The van der Waals surface area contributed by atoms with Crippen molar-refractivity contribution in [2.75, 3.05) is 4.90 Å². The molecule has 170 valence electrons. The fourth-order valence-corrected chi connectivity index (χ4v) is 4.43. The van der Waals surface area contributed by atoms with Crippen molar-refractivity contribution in [1.29, 1.82) is 0 Å². The molecular formula is C24H18N4O4S2. The molecule has 34 heavy (non-hydrogen) atoms. The second kappa shape index (κ2) is 9.94. The zero-order chi connectivity index (χ0) is 24.2. The molecule has 1 saturated heterocycles. The molecule has 1 aliphatic heterocycles. The van der Waals surface area contributed by atoms with Gasteiger partial charge in [-0.2, -0.15) is 10.2 Å². The van der Waals surface area contributed by atoms with Crippen molar-refractivity contribution in [3.63, 3.8) is 0 Å². The Morgan fingerprint density at radius 2 is 1.88 bits per heavy atom. The number of thiocarbonyl (C=S) groups is 1. The van der Waals surface area contributed by atoms with Crippen molar-refractivity contribution >= 4 is 63.2 Å². The van der Waals surface area contributed by atoms with Crippen LogP contribution in [0, 0.1) is 24.0 Å². The SMILES string of the molecule is Cc1ccccc1N=Nc1ccc(N2C(=O)/C(=C/C=C/c3ccc([N+](=O)[O-])o3)SC2=S)c(C)c1. The minimum atomic E-state index is -0.611. The van der Waals surface area contributed by atoms with Crippen molar-refractivity contribution in [1.82, 2.24) is 0 Å². The number of benzene rings is 2. The number of hydrogen-bond acceptors (Lipinski definition) is 8. The Morgan fingerprint density at radius 3 is 2.59 bits per heavy atom. The first kappa shape index (κ1) is 23.3. The molecule has 1 fully saturated rings. The number of rotatable bonds is 6. The van der Waals surface area contributed by atoms with E-state index >= 15 is 0 Å². The van der Waals surface area contributed by atoms with Gasteiger partial charge in [-0.1, -0.05) is 48.3 Å². The molecule has 0 N–H and O–H groups in total. The molecule has 8 nitrogen and oxygen atoms in total. The summed E-state index contributed by atoms with van der Waals surface area (Å²) in [4.78, 5) is 25.0. The molecule has 4 rings (SSSR count). The first-order valence-corrected chi connectivity index (χ1v) is 11.3. The predicted octanol–water partition coefficient (Wildman–Crippen LogP) is 7.18. The van der Waals surface area contributed by atoms with Gasteiger partial charge in [-0.05, 0) is 67.5 Å². The molecule has 1 aromatic heterocycles. The van der Waals surface area contributed by atoms with E-state index in [9.17, 15) is 14.9 Å². The summed E-state index contributed by atoms with van der Waals surface area (Å²) in [5.74, 6) is -0.282. The predicted molar refractivity (Wildman–Crippen MR) is 137 cm³/mol. The fourth-order valence-electron chi connectivity index (χ4n) is 3.19. The second-order valence-corrected chi connectivity index (χ2v) is 8.96. The van der Waals surface area contributed by atoms with Crippen LogP contribution in [0.25, 0.3) is 6.08 Å². The maximum atomic E-state index is 13.0. The van der Waals surface area contributed by atoms with Crippen molar-refractivity contribution in [2.24, 2.45) is 10.2 Å². The van der Waals surface area contributed by atoms with Crippen LogP contribution in [0.3, 0.4) is 0 Å². The van der Waals surface area contributed by atoms with Crippen LogP contribution >= 0.6 is 24.0 Å². The minimum Gasteiger partial charge on any atom is -0.401 e. The molecule has 1 aliphatic rings. The van der Waals surface area contributed by atoms with Gasteiger partial charge in [-0.25, -0.2) is 0 Å². The Balaban J connectivity index is 1.50. The Hall–Kier alpha value is -3.89. The number of aryl methyl sites for hydroxylation is 2. The van der Waals surface area contributed by atoms with Crippen molar-refractivity contribution in [3.8, 4) is 0 Å². The summed E-state index contributed by atoms with van der Waals surface area (Å²) in [5, 5.41) is 19.3. The van der Waals surface area contributed by atoms with E-state index in [1.807, 2.05) is 44.2 Å². The molecule has 3 aromatic rings. The van der Waals surface area contributed by atoms with Gasteiger partial charge in [0, 0.05) is 0 Å². The van der Waals surface area contributed by atoms with Crippen molar-refractivity contribution < 1.29 is 14.1 Å². The maximum Gasteiger partial charge on any atom is 0.433 e. The van der Waals surface area contributed by atoms with E-state index in [4.69, 9.17) is 16.6 Å². The zero-order valence-electron chi connectivity index (χ0n) is 18.2. The number of hydrogen-bond donors (Lipinski definition) is 0. The molecule has 0 bridgehead atoms. The molecule has 0 saturated carbocycles. The Kier molecular flexibility index (Phi) is 6.80. The van der Waals surface area contributed by atoms with Crippen LogP contribution < -0.4 is 4.90 Å².